The molecule has 3 saturated carbocycles. The van der Waals surface area contributed by atoms with Gasteiger partial charge in [-0.05, 0) is 101 Å². The van der Waals surface area contributed by atoms with Crippen LogP contribution in [0.5, 0.6) is 0 Å². The summed E-state index contributed by atoms with van der Waals surface area (Å²) in [6.07, 6.45) is 7.66. The van der Waals surface area contributed by atoms with Gasteiger partial charge in [-0.3, -0.25) is 4.79 Å². The van der Waals surface area contributed by atoms with Crippen molar-refractivity contribution < 1.29 is 19.4 Å². The van der Waals surface area contributed by atoms with Crippen LogP contribution in [-0.4, -0.2) is 62.7 Å². The molecule has 10 nitrogen and oxygen atoms in total. The first-order chi connectivity index (χ1) is 22.1. The Morgan fingerprint density at radius 1 is 1.10 bits per heavy atom. The Labute approximate surface area is 288 Å². The van der Waals surface area contributed by atoms with Gasteiger partial charge < -0.3 is 26.0 Å². The number of rotatable bonds is 7. The number of carbonyl (C=O) groups is 1. The number of nitrogens with zero attached hydrogens (tertiary/aromatic N) is 4. The SMILES string of the molecule is CC(C)[C@@H](C)[C@@]1(C)CC[C@]2(C)[C@H]3CC[C@@H]4[C@@]5(C)COC[C@@]4(C3=CC[C@@]2(C)[C@@H]1C(=O)O)[C@@H](OC[C@](C)(N)C(C)(C)C)[C@H](n1nnc(N)n1)C5. The van der Waals surface area contributed by atoms with Crippen molar-refractivity contribution in [2.75, 3.05) is 25.6 Å². The highest BCUT2D eigenvalue weighted by atomic mass is 16.5. The Hall–Kier alpha value is -2.04. The smallest absolute Gasteiger partial charge is 0.307 e. The highest BCUT2D eigenvalue weighted by molar-refractivity contribution is 5.73. The summed E-state index contributed by atoms with van der Waals surface area (Å²) in [5, 5.41) is 24.2. The van der Waals surface area contributed by atoms with Crippen molar-refractivity contribution in [1.29, 1.82) is 0 Å². The van der Waals surface area contributed by atoms with E-state index < -0.39 is 28.3 Å². The molecule has 5 aliphatic rings. The van der Waals surface area contributed by atoms with Gasteiger partial charge in [0.2, 0.25) is 0 Å². The molecule has 5 N–H and O–H groups in total. The first kappa shape index (κ1) is 35.8. The third-order valence-corrected chi connectivity index (χ3v) is 16.0. The van der Waals surface area contributed by atoms with E-state index in [-0.39, 0.29) is 45.7 Å². The summed E-state index contributed by atoms with van der Waals surface area (Å²) in [5.74, 6) is 0.309. The van der Waals surface area contributed by atoms with Gasteiger partial charge in [-0.15, -0.1) is 5.10 Å². The number of nitrogen functional groups attached to an aromatic ring is 1. The van der Waals surface area contributed by atoms with Gasteiger partial charge in [-0.2, -0.15) is 4.80 Å². The van der Waals surface area contributed by atoms with Gasteiger partial charge in [0.05, 0.1) is 31.8 Å². The molecule has 0 amide bonds. The van der Waals surface area contributed by atoms with E-state index in [9.17, 15) is 9.90 Å². The lowest BCUT2D eigenvalue weighted by Crippen LogP contribution is -2.70. The van der Waals surface area contributed by atoms with Crippen molar-refractivity contribution >= 4 is 11.9 Å². The fourth-order valence-electron chi connectivity index (χ4n) is 11.9. The molecule has 1 aromatic rings. The molecule has 2 bridgehead atoms. The first-order valence-electron chi connectivity index (χ1n) is 18.6. The van der Waals surface area contributed by atoms with Crippen LogP contribution in [0.2, 0.25) is 0 Å². The lowest BCUT2D eigenvalue weighted by atomic mass is 9.34. The average Bonchev–Trinajstić information content (AvgIpc) is 3.41. The van der Waals surface area contributed by atoms with Crippen molar-refractivity contribution in [3.63, 3.8) is 0 Å². The molecular formula is C38H64N6O4. The first-order valence-corrected chi connectivity index (χ1v) is 18.6. The number of tetrazole rings is 1. The topological polar surface area (TPSA) is 151 Å². The van der Waals surface area contributed by atoms with E-state index >= 15 is 0 Å². The maximum Gasteiger partial charge on any atom is 0.307 e. The summed E-state index contributed by atoms with van der Waals surface area (Å²) in [6, 6.07) is -0.204. The Bertz CT molecular complexity index is 1450. The fraction of sp³-hybridized carbons (Fsp3) is 0.895. The molecule has 2 heterocycles. The number of anilines is 1. The Balaban J connectivity index is 1.52. The standard InChI is InChI=1S/C38H64N6O4/c1-22(2)23(3)34(8)16-17-35(9)24-12-13-27-33(7)18-26(44-42-31(39)41-43-44)29(48-20-37(11,40)32(4,5)6)38(27,21-47-19-33)25(24)14-15-36(35,10)28(34)30(45)46/h14,22-24,26-29H,12-13,15-21,40H2,1-11H3,(H2,39,42)(H,45,46)/t23-,24+,26-,27-,28-,29+,33-,34-,35-,36+,37+,38+/m1/s1. The molecule has 0 aromatic carbocycles. The van der Waals surface area contributed by atoms with Gasteiger partial charge >= 0.3 is 5.97 Å². The van der Waals surface area contributed by atoms with E-state index in [1.807, 2.05) is 0 Å². The molecule has 6 rings (SSSR count). The average molecular weight is 669 g/mol. The number of hydrogen-bond acceptors (Lipinski definition) is 8. The Morgan fingerprint density at radius 3 is 2.38 bits per heavy atom. The predicted octanol–water partition coefficient (Wildman–Crippen LogP) is 6.53. The van der Waals surface area contributed by atoms with E-state index in [2.05, 4.69) is 97.6 Å². The quantitative estimate of drug-likeness (QED) is 0.275. The van der Waals surface area contributed by atoms with Gasteiger partial charge in [0.1, 0.15) is 6.04 Å². The summed E-state index contributed by atoms with van der Waals surface area (Å²) in [6.45, 7) is 26.3. The number of carboxylic acid groups (broad SMARTS) is 1. The zero-order chi connectivity index (χ0) is 35.5. The number of fused-ring (bicyclic) bond motifs is 3. The van der Waals surface area contributed by atoms with E-state index in [1.165, 1.54) is 5.57 Å². The molecule has 1 aliphatic heterocycles. The lowest BCUT2D eigenvalue weighted by molar-refractivity contribution is -0.256. The van der Waals surface area contributed by atoms with Crippen LogP contribution in [-0.2, 0) is 14.3 Å². The Morgan fingerprint density at radius 2 is 1.79 bits per heavy atom. The monoisotopic (exact) mass is 668 g/mol. The third-order valence-electron chi connectivity index (χ3n) is 16.0. The minimum atomic E-state index is -0.645. The largest absolute Gasteiger partial charge is 0.481 e. The zero-order valence-electron chi connectivity index (χ0n) is 31.6. The van der Waals surface area contributed by atoms with Crippen molar-refractivity contribution in [2.24, 2.45) is 67.8 Å². The van der Waals surface area contributed by atoms with Crippen LogP contribution in [0.3, 0.4) is 0 Å². The zero-order valence-corrected chi connectivity index (χ0v) is 31.6. The number of nitrogens with two attached hydrogens (primary N) is 2. The third kappa shape index (κ3) is 4.80. The van der Waals surface area contributed by atoms with E-state index in [0.717, 1.165) is 38.5 Å². The number of hydrogen-bond donors (Lipinski definition) is 3. The highest BCUT2D eigenvalue weighted by Crippen LogP contribution is 2.75. The minimum Gasteiger partial charge on any atom is -0.481 e. The molecule has 0 unspecified atom stereocenters. The van der Waals surface area contributed by atoms with Crippen LogP contribution >= 0.6 is 0 Å². The molecule has 10 heteroatoms. The maximum absolute atomic E-state index is 13.5. The van der Waals surface area contributed by atoms with Crippen LogP contribution in [0.4, 0.5) is 5.95 Å². The van der Waals surface area contributed by atoms with Crippen LogP contribution in [0, 0.1) is 62.1 Å². The molecule has 1 saturated heterocycles. The summed E-state index contributed by atoms with van der Waals surface area (Å²) < 4.78 is 13.9. The van der Waals surface area contributed by atoms with Gasteiger partial charge in [0.25, 0.3) is 5.95 Å². The number of allylic oxidation sites excluding steroid dienone is 1. The molecule has 0 radical (unpaired) electrons. The molecule has 0 spiro atoms. The summed E-state index contributed by atoms with van der Waals surface area (Å²) >= 11 is 0. The van der Waals surface area contributed by atoms with Gasteiger partial charge in [-0.1, -0.05) is 86.0 Å². The normalized spacial score (nSPS) is 44.5. The molecule has 12 atom stereocenters. The van der Waals surface area contributed by atoms with Gasteiger partial charge in [0, 0.05) is 11.0 Å². The van der Waals surface area contributed by atoms with Crippen molar-refractivity contribution in [3.05, 3.63) is 11.6 Å². The summed E-state index contributed by atoms with van der Waals surface area (Å²) in [5.41, 5.74) is 12.2. The summed E-state index contributed by atoms with van der Waals surface area (Å²) in [7, 11) is 0. The molecule has 4 aliphatic carbocycles. The predicted molar refractivity (Wildman–Crippen MR) is 187 cm³/mol. The van der Waals surface area contributed by atoms with Crippen LogP contribution < -0.4 is 11.5 Å². The maximum atomic E-state index is 13.5. The second-order valence-electron chi connectivity index (χ2n) is 19.5. The van der Waals surface area contributed by atoms with E-state index in [0.29, 0.717) is 37.6 Å². The van der Waals surface area contributed by atoms with E-state index in [1.54, 1.807) is 4.80 Å². The minimum absolute atomic E-state index is 0.129. The van der Waals surface area contributed by atoms with Crippen molar-refractivity contribution in [3.8, 4) is 0 Å². The van der Waals surface area contributed by atoms with Crippen LogP contribution in [0.1, 0.15) is 121 Å². The number of aliphatic carboxylic acids is 1. The molecule has 4 fully saturated rings. The number of carboxylic acids is 1. The van der Waals surface area contributed by atoms with Crippen LogP contribution in [0.15, 0.2) is 11.6 Å². The second kappa shape index (κ2) is 11.2. The molecule has 270 valence electrons. The van der Waals surface area contributed by atoms with Crippen molar-refractivity contribution in [1.82, 2.24) is 20.2 Å². The number of ether oxygens (including phenoxy) is 2. The summed E-state index contributed by atoms with van der Waals surface area (Å²) in [4.78, 5) is 15.2. The molecule has 1 aromatic heterocycles. The second-order valence-corrected chi connectivity index (χ2v) is 19.5. The highest BCUT2D eigenvalue weighted by Gasteiger charge is 2.73. The van der Waals surface area contributed by atoms with Crippen LogP contribution in [0.25, 0.3) is 0 Å². The molecular weight excluding hydrogens is 604 g/mol. The number of aromatic nitrogens is 4. The van der Waals surface area contributed by atoms with E-state index in [4.69, 9.17) is 20.9 Å². The van der Waals surface area contributed by atoms with Crippen molar-refractivity contribution in [2.45, 2.75) is 132 Å². The fourth-order valence-corrected chi connectivity index (χ4v) is 11.9. The van der Waals surface area contributed by atoms with Gasteiger partial charge in [0.15, 0.2) is 0 Å². The molecule has 48 heavy (non-hydrogen) atoms. The van der Waals surface area contributed by atoms with Gasteiger partial charge in [-0.25, -0.2) is 0 Å². The Kier molecular flexibility index (Phi) is 8.37. The lowest BCUT2D eigenvalue weighted by Gasteiger charge is -2.71.